The van der Waals surface area contributed by atoms with Gasteiger partial charge in [0.2, 0.25) is 29.5 Å². The van der Waals surface area contributed by atoms with Crippen molar-refractivity contribution in [1.29, 1.82) is 5.26 Å². The highest BCUT2D eigenvalue weighted by atomic mass is 16.5. The van der Waals surface area contributed by atoms with Crippen LogP contribution in [0.2, 0.25) is 0 Å². The molecular formula is C51H71N9O10. The molecule has 0 aliphatic carbocycles. The Balaban J connectivity index is 1.82. The second-order valence-electron chi connectivity index (χ2n) is 17.4. The predicted octanol–water partition coefficient (Wildman–Crippen LogP) is 1.97. The Morgan fingerprint density at radius 2 is 1.53 bits per heavy atom. The van der Waals surface area contributed by atoms with Crippen molar-refractivity contribution in [2.45, 2.75) is 115 Å². The van der Waals surface area contributed by atoms with Crippen molar-refractivity contribution in [2.24, 2.45) is 11.5 Å². The minimum atomic E-state index is -1.50. The molecule has 0 unspecified atom stereocenters. The Bertz CT molecular complexity index is 2300. The lowest BCUT2D eigenvalue weighted by Gasteiger charge is -2.33. The number of ether oxygens (including phenoxy) is 2. The fourth-order valence-corrected chi connectivity index (χ4v) is 8.17. The fraction of sp³-hybridized carbons (Fsp3) is 0.510. The number of carbonyl (C=O) groups excluding carboxylic acids is 6. The zero-order valence-corrected chi connectivity index (χ0v) is 40.8. The highest BCUT2D eigenvalue weighted by Gasteiger charge is 2.36. The second-order valence-corrected chi connectivity index (χ2v) is 17.4. The summed E-state index contributed by atoms with van der Waals surface area (Å²) in [7, 11) is 1.36. The third-order valence-electron chi connectivity index (χ3n) is 12.0. The van der Waals surface area contributed by atoms with E-state index in [0.29, 0.717) is 39.3 Å². The molecule has 4 rings (SSSR count). The number of aryl methyl sites for hydroxylation is 2. The van der Waals surface area contributed by atoms with E-state index in [4.69, 9.17) is 20.9 Å². The summed E-state index contributed by atoms with van der Waals surface area (Å²) < 4.78 is 12.2. The van der Waals surface area contributed by atoms with Gasteiger partial charge in [-0.05, 0) is 85.7 Å². The second kappa shape index (κ2) is 28.8. The van der Waals surface area contributed by atoms with Crippen LogP contribution >= 0.6 is 0 Å². The van der Waals surface area contributed by atoms with E-state index in [0.717, 1.165) is 36.1 Å². The highest BCUT2D eigenvalue weighted by Crippen LogP contribution is 2.40. The minimum absolute atomic E-state index is 0.0268. The van der Waals surface area contributed by atoms with Crippen LogP contribution in [0.5, 0.6) is 11.5 Å². The zero-order valence-electron chi connectivity index (χ0n) is 40.8. The van der Waals surface area contributed by atoms with Crippen LogP contribution in [0.15, 0.2) is 54.6 Å². The lowest BCUT2D eigenvalue weighted by atomic mass is 9.93. The van der Waals surface area contributed by atoms with E-state index in [1.54, 1.807) is 49.4 Å². The monoisotopic (exact) mass is 970 g/mol. The van der Waals surface area contributed by atoms with Crippen molar-refractivity contribution in [3.05, 3.63) is 82.4 Å². The Labute approximate surface area is 410 Å². The van der Waals surface area contributed by atoms with Crippen LogP contribution in [-0.4, -0.2) is 128 Å². The number of amides is 6. The Hall–Kier alpha value is -6.59. The number of unbranched alkanes of at least 4 members (excludes halogenated alkanes) is 5. The molecule has 19 heteroatoms. The van der Waals surface area contributed by atoms with Crippen LogP contribution in [0.3, 0.4) is 0 Å². The van der Waals surface area contributed by atoms with E-state index in [1.807, 2.05) is 18.2 Å². The van der Waals surface area contributed by atoms with E-state index in [-0.39, 0.29) is 57.7 Å². The summed E-state index contributed by atoms with van der Waals surface area (Å²) in [5.74, 6) is -3.48. The molecule has 0 saturated carbocycles. The van der Waals surface area contributed by atoms with Crippen LogP contribution in [-0.2, 0) is 36.8 Å². The fourth-order valence-electron chi connectivity index (χ4n) is 8.17. The number of likely N-dealkylation sites (N-methyl/N-ethyl adjacent to an activating group) is 1. The van der Waals surface area contributed by atoms with Crippen LogP contribution in [0, 0.1) is 18.3 Å². The van der Waals surface area contributed by atoms with E-state index >= 15 is 0 Å². The van der Waals surface area contributed by atoms with Gasteiger partial charge in [0, 0.05) is 49.7 Å². The van der Waals surface area contributed by atoms with Crippen molar-refractivity contribution in [3.63, 3.8) is 0 Å². The number of hydrogen-bond donors (Lipinski definition) is 9. The van der Waals surface area contributed by atoms with Gasteiger partial charge in [0.1, 0.15) is 55.4 Å². The van der Waals surface area contributed by atoms with Gasteiger partial charge in [0.15, 0.2) is 0 Å². The number of nitriles is 1. The van der Waals surface area contributed by atoms with Gasteiger partial charge in [0.25, 0.3) is 5.91 Å². The molecule has 3 aromatic carbocycles. The number of nitrogens with two attached hydrogens (primary N) is 2. The van der Waals surface area contributed by atoms with Crippen molar-refractivity contribution < 1.29 is 48.5 Å². The van der Waals surface area contributed by atoms with Crippen LogP contribution < -0.4 is 47.5 Å². The van der Waals surface area contributed by atoms with Crippen LogP contribution in [0.4, 0.5) is 0 Å². The molecule has 70 heavy (non-hydrogen) atoms. The molecule has 3 aromatic rings. The number of fused-ring (bicyclic) bond motifs is 5. The van der Waals surface area contributed by atoms with Gasteiger partial charge in [-0.3, -0.25) is 28.8 Å². The van der Waals surface area contributed by atoms with Gasteiger partial charge < -0.3 is 62.6 Å². The first-order chi connectivity index (χ1) is 33.7. The quantitative estimate of drug-likeness (QED) is 0.0434. The smallest absolute Gasteiger partial charge is 0.252 e. The maximum absolute atomic E-state index is 15.0. The molecule has 4 bridgehead atoms. The van der Waals surface area contributed by atoms with Crippen molar-refractivity contribution in [2.75, 3.05) is 53.1 Å². The third-order valence-corrected chi connectivity index (χ3v) is 12.0. The van der Waals surface area contributed by atoms with E-state index in [9.17, 15) is 44.2 Å². The standard InChI is InChI=1S/C51H71N9O10/c1-5-6-7-8-9-10-11-34-12-15-38(32(2)26-34)48(65)58-41(16-19-45(63)57-37(30-61)31-62)51(68)60(4)46-36-14-18-44(70-25-22-54)40(29-36)39-27-35(13-17-43(39)69-24-21-53)28-42(49(66)55-23-20-52)59-47(64)33(3)56-50(46)67/h12-15,17-18,26-27,29,33,37,41-42,46,61-62H,5-11,16,19,21-25,28,30-31,53-54H2,1-4H3,(H,55,66)(H,56,67)(H,57,63)(H,58,65)(H,59,64)/t33-,41-,42-,46-/m0/s1. The van der Waals surface area contributed by atoms with Crippen LogP contribution in [0.25, 0.3) is 11.1 Å². The van der Waals surface area contributed by atoms with Crippen molar-refractivity contribution in [1.82, 2.24) is 31.5 Å². The molecule has 1 aliphatic rings. The lowest BCUT2D eigenvalue weighted by Crippen LogP contribution is -2.56. The number of nitrogens with zero attached hydrogens (tertiary/aromatic N) is 2. The Morgan fingerprint density at radius 3 is 2.17 bits per heavy atom. The van der Waals surface area contributed by atoms with Gasteiger partial charge in [-0.2, -0.15) is 5.26 Å². The number of hydrogen-bond acceptors (Lipinski definition) is 13. The van der Waals surface area contributed by atoms with Gasteiger partial charge in [-0.1, -0.05) is 63.3 Å². The minimum Gasteiger partial charge on any atom is -0.492 e. The predicted molar refractivity (Wildman–Crippen MR) is 263 cm³/mol. The number of aliphatic hydroxyl groups is 2. The van der Waals surface area contributed by atoms with Gasteiger partial charge in [0.05, 0.1) is 25.3 Å². The molecule has 1 heterocycles. The summed E-state index contributed by atoms with van der Waals surface area (Å²) in [5, 5.41) is 41.6. The Morgan fingerprint density at radius 1 is 0.871 bits per heavy atom. The SMILES string of the molecule is CCCCCCCCc1ccc(C(=O)N[C@@H](CCC(=O)NC(CO)CO)C(=O)N(C)[C@@H]2C(=O)N[C@@H](C)C(=O)N[C@H](C(=O)NCC#N)Cc3ccc(OCCN)c(c3)-c3cc2ccc3OCCN)c(C)c1. The molecule has 6 amide bonds. The molecule has 11 N–H and O–H groups in total. The number of nitrogens with one attached hydrogen (secondary N) is 5. The van der Waals surface area contributed by atoms with E-state index in [2.05, 4.69) is 33.5 Å². The summed E-state index contributed by atoms with van der Waals surface area (Å²) in [6.45, 7) is 4.54. The lowest BCUT2D eigenvalue weighted by molar-refractivity contribution is -0.142. The molecular weight excluding hydrogens is 899 g/mol. The Kier molecular flexibility index (Phi) is 23.0. The normalized spacial score (nSPS) is 16.1. The first-order valence-corrected chi connectivity index (χ1v) is 24.1. The van der Waals surface area contributed by atoms with Crippen LogP contribution in [0.1, 0.15) is 104 Å². The number of carbonyl (C=O) groups is 6. The van der Waals surface area contributed by atoms with Gasteiger partial charge in [-0.25, -0.2) is 0 Å². The van der Waals surface area contributed by atoms with Gasteiger partial charge in [-0.15, -0.1) is 0 Å². The molecule has 0 spiro atoms. The summed E-state index contributed by atoms with van der Waals surface area (Å²) in [4.78, 5) is 85.4. The van der Waals surface area contributed by atoms with Crippen molar-refractivity contribution >= 4 is 35.4 Å². The zero-order chi connectivity index (χ0) is 51.2. The summed E-state index contributed by atoms with van der Waals surface area (Å²) in [6.07, 6.45) is 7.07. The first-order valence-electron chi connectivity index (χ1n) is 24.1. The molecule has 4 atom stereocenters. The van der Waals surface area contributed by atoms with Crippen molar-refractivity contribution in [3.8, 4) is 28.7 Å². The number of rotatable bonds is 25. The molecule has 19 nitrogen and oxygen atoms in total. The molecule has 1 aliphatic heterocycles. The molecule has 380 valence electrons. The first kappa shape index (κ1) is 56.0. The maximum atomic E-state index is 15.0. The van der Waals surface area contributed by atoms with Gasteiger partial charge >= 0.3 is 0 Å². The molecule has 0 fully saturated rings. The molecule has 0 aromatic heterocycles. The topological polar surface area (TPSA) is 301 Å². The molecule has 0 radical (unpaired) electrons. The van der Waals surface area contributed by atoms with E-state index < -0.39 is 78.9 Å². The highest BCUT2D eigenvalue weighted by molar-refractivity contribution is 6.00. The third kappa shape index (κ3) is 16.3. The summed E-state index contributed by atoms with van der Waals surface area (Å²) >= 11 is 0. The molecule has 0 saturated heterocycles. The number of aliphatic hydroxyl groups excluding tert-OH is 2. The number of benzene rings is 3. The van der Waals surface area contributed by atoms with E-state index in [1.165, 1.54) is 33.2 Å². The average molecular weight is 970 g/mol. The summed E-state index contributed by atoms with van der Waals surface area (Å²) in [6, 6.07) is 11.0. The largest absolute Gasteiger partial charge is 0.492 e. The average Bonchev–Trinajstić information content (AvgIpc) is 3.35. The maximum Gasteiger partial charge on any atom is 0.252 e. The summed E-state index contributed by atoms with van der Waals surface area (Å²) in [5.41, 5.74) is 15.4.